The molecule has 7 nitrogen and oxygen atoms in total. The van der Waals surface area contributed by atoms with Gasteiger partial charge in [-0.25, -0.2) is 0 Å². The molecule has 0 radical (unpaired) electrons. The lowest BCUT2D eigenvalue weighted by molar-refractivity contribution is 0.0943. The number of ether oxygens (including phenoxy) is 1. The number of unbranched alkanes of at least 4 members (excludes halogenated alkanes) is 1. The summed E-state index contributed by atoms with van der Waals surface area (Å²) in [6, 6.07) is 13.7. The van der Waals surface area contributed by atoms with Crippen LogP contribution in [0.5, 0.6) is 5.75 Å². The summed E-state index contributed by atoms with van der Waals surface area (Å²) in [4.78, 5) is 30.4. The number of rotatable bonds is 10. The molecule has 7 heteroatoms. The Morgan fingerprint density at radius 3 is 2.58 bits per heavy atom. The van der Waals surface area contributed by atoms with Crippen molar-refractivity contribution >= 4 is 28.4 Å². The molecular formula is C26H30N4O3. The number of aromatic nitrogens is 1. The summed E-state index contributed by atoms with van der Waals surface area (Å²) >= 11 is 0. The molecule has 0 aliphatic heterocycles. The summed E-state index contributed by atoms with van der Waals surface area (Å²) in [5.41, 5.74) is 3.28. The highest BCUT2D eigenvalue weighted by Crippen LogP contribution is 2.33. The van der Waals surface area contributed by atoms with Crippen LogP contribution in [0.2, 0.25) is 0 Å². The largest absolute Gasteiger partial charge is 0.496 e. The molecule has 4 rings (SSSR count). The smallest absolute Gasteiger partial charge is 0.255 e. The fourth-order valence-electron chi connectivity index (χ4n) is 3.68. The van der Waals surface area contributed by atoms with E-state index in [2.05, 4.69) is 27.9 Å². The van der Waals surface area contributed by atoms with Crippen LogP contribution in [0.3, 0.4) is 0 Å². The van der Waals surface area contributed by atoms with Gasteiger partial charge in [-0.3, -0.25) is 14.6 Å². The average molecular weight is 447 g/mol. The molecular weight excluding hydrogens is 416 g/mol. The normalized spacial score (nSPS) is 12.9. The van der Waals surface area contributed by atoms with Gasteiger partial charge in [-0.2, -0.15) is 0 Å². The van der Waals surface area contributed by atoms with Gasteiger partial charge in [-0.15, -0.1) is 0 Å². The van der Waals surface area contributed by atoms with Crippen LogP contribution in [0.4, 0.5) is 5.69 Å². The molecule has 0 spiro atoms. The molecule has 0 saturated heterocycles. The number of amides is 2. The zero-order valence-electron chi connectivity index (χ0n) is 19.1. The Hall–Kier alpha value is -3.61. The topological polar surface area (TPSA) is 92.4 Å². The summed E-state index contributed by atoms with van der Waals surface area (Å²) in [6.07, 6.45) is 5.48. The minimum Gasteiger partial charge on any atom is -0.496 e. The molecule has 1 fully saturated rings. The van der Waals surface area contributed by atoms with Gasteiger partial charge in [0.15, 0.2) is 0 Å². The van der Waals surface area contributed by atoms with Crippen LogP contribution in [0, 0.1) is 0 Å². The highest BCUT2D eigenvalue weighted by molar-refractivity contribution is 6.10. The monoisotopic (exact) mass is 446 g/mol. The maximum atomic E-state index is 13.0. The summed E-state index contributed by atoms with van der Waals surface area (Å²) in [5.74, 6) is 0.0875. The number of fused-ring (bicyclic) bond motifs is 1. The lowest BCUT2D eigenvalue weighted by atomic mass is 10.0. The van der Waals surface area contributed by atoms with E-state index in [-0.39, 0.29) is 17.9 Å². The third kappa shape index (κ3) is 5.42. The molecule has 2 amide bonds. The highest BCUT2D eigenvalue weighted by atomic mass is 16.5. The highest BCUT2D eigenvalue weighted by Gasteiger charge is 2.26. The molecule has 1 aliphatic carbocycles. The minimum absolute atomic E-state index is 0.160. The zero-order valence-corrected chi connectivity index (χ0v) is 19.1. The predicted molar refractivity (Wildman–Crippen MR) is 130 cm³/mol. The average Bonchev–Trinajstić information content (AvgIpc) is 3.66. The van der Waals surface area contributed by atoms with Crippen molar-refractivity contribution in [1.82, 2.24) is 15.6 Å². The summed E-state index contributed by atoms with van der Waals surface area (Å²) < 4.78 is 5.49. The number of pyridine rings is 1. The van der Waals surface area contributed by atoms with Crippen LogP contribution in [-0.4, -0.2) is 36.5 Å². The van der Waals surface area contributed by atoms with E-state index in [1.54, 1.807) is 18.3 Å². The van der Waals surface area contributed by atoms with Gasteiger partial charge < -0.3 is 20.7 Å². The van der Waals surface area contributed by atoms with Gasteiger partial charge in [0, 0.05) is 36.8 Å². The van der Waals surface area contributed by atoms with Crippen molar-refractivity contribution in [1.29, 1.82) is 0 Å². The summed E-state index contributed by atoms with van der Waals surface area (Å²) in [5, 5.41) is 10.1. The van der Waals surface area contributed by atoms with Crippen molar-refractivity contribution in [3.05, 3.63) is 65.4 Å². The van der Waals surface area contributed by atoms with Crippen LogP contribution in [0.25, 0.3) is 10.9 Å². The molecule has 0 atom stereocenters. The van der Waals surface area contributed by atoms with Crippen LogP contribution < -0.4 is 20.7 Å². The van der Waals surface area contributed by atoms with E-state index in [0.717, 1.165) is 31.2 Å². The lowest BCUT2D eigenvalue weighted by Gasteiger charge is -2.17. The maximum absolute atomic E-state index is 13.0. The number of benzene rings is 2. The van der Waals surface area contributed by atoms with Gasteiger partial charge in [0.05, 0.1) is 29.4 Å². The van der Waals surface area contributed by atoms with Crippen molar-refractivity contribution in [3.8, 4) is 5.75 Å². The standard InChI is InChI=1S/C26H30N4O3/c1-3-4-12-27-25(31)20-13-19-22(14-23(20)33-2)28-16-21(26(32)30-18-10-11-18)24(19)29-15-17-8-6-5-7-9-17/h5-9,13-14,16,18H,3-4,10-12,15H2,1-2H3,(H,27,31)(H,28,29)(H,30,32). The Morgan fingerprint density at radius 1 is 1.09 bits per heavy atom. The number of anilines is 1. The van der Waals surface area contributed by atoms with E-state index in [0.29, 0.717) is 46.6 Å². The molecule has 1 heterocycles. The third-order valence-electron chi connectivity index (χ3n) is 5.72. The number of nitrogens with one attached hydrogen (secondary N) is 3. The number of carbonyl (C=O) groups is 2. The summed E-state index contributed by atoms with van der Waals surface area (Å²) in [7, 11) is 1.54. The minimum atomic E-state index is -0.205. The predicted octanol–water partition coefficient (Wildman–Crippen LogP) is 4.28. The van der Waals surface area contributed by atoms with E-state index in [9.17, 15) is 9.59 Å². The van der Waals surface area contributed by atoms with E-state index >= 15 is 0 Å². The second-order valence-electron chi connectivity index (χ2n) is 8.31. The second-order valence-corrected chi connectivity index (χ2v) is 8.31. The lowest BCUT2D eigenvalue weighted by Crippen LogP contribution is -2.27. The first-order valence-electron chi connectivity index (χ1n) is 11.5. The number of hydrogen-bond donors (Lipinski definition) is 3. The van der Waals surface area contributed by atoms with E-state index in [1.807, 2.05) is 30.3 Å². The first-order chi connectivity index (χ1) is 16.1. The molecule has 1 saturated carbocycles. The molecule has 1 aromatic heterocycles. The van der Waals surface area contributed by atoms with Gasteiger partial charge in [-0.1, -0.05) is 43.7 Å². The van der Waals surface area contributed by atoms with Gasteiger partial charge in [0.1, 0.15) is 5.75 Å². The molecule has 0 bridgehead atoms. The number of hydrogen-bond acceptors (Lipinski definition) is 5. The van der Waals surface area contributed by atoms with Crippen molar-refractivity contribution < 1.29 is 14.3 Å². The fraction of sp³-hybridized carbons (Fsp3) is 0.346. The Morgan fingerprint density at radius 2 is 1.88 bits per heavy atom. The van der Waals surface area contributed by atoms with Crippen LogP contribution >= 0.6 is 0 Å². The van der Waals surface area contributed by atoms with Crippen LogP contribution in [0.1, 0.15) is 58.9 Å². The Kier molecular flexibility index (Phi) is 7.07. The Labute approximate surface area is 193 Å². The van der Waals surface area contributed by atoms with Crippen LogP contribution in [0.15, 0.2) is 48.7 Å². The zero-order chi connectivity index (χ0) is 23.2. The molecule has 3 N–H and O–H groups in total. The fourth-order valence-corrected chi connectivity index (χ4v) is 3.68. The Balaban J connectivity index is 1.75. The first-order valence-corrected chi connectivity index (χ1v) is 11.5. The SMILES string of the molecule is CCCCNC(=O)c1cc2c(NCc3ccccc3)c(C(=O)NC3CC3)cnc2cc1OC. The molecule has 3 aromatic rings. The van der Waals surface area contributed by atoms with E-state index in [1.165, 1.54) is 7.11 Å². The van der Waals surface area contributed by atoms with Gasteiger partial charge in [0.25, 0.3) is 11.8 Å². The molecule has 33 heavy (non-hydrogen) atoms. The number of methoxy groups -OCH3 is 1. The molecule has 172 valence electrons. The third-order valence-corrected chi connectivity index (χ3v) is 5.72. The first kappa shape index (κ1) is 22.6. The molecule has 1 aliphatic rings. The molecule has 2 aromatic carbocycles. The van der Waals surface area contributed by atoms with E-state index < -0.39 is 0 Å². The van der Waals surface area contributed by atoms with Crippen molar-refractivity contribution in [2.75, 3.05) is 19.0 Å². The molecule has 0 unspecified atom stereocenters. The van der Waals surface area contributed by atoms with Crippen molar-refractivity contribution in [2.45, 2.75) is 45.2 Å². The van der Waals surface area contributed by atoms with Crippen molar-refractivity contribution in [3.63, 3.8) is 0 Å². The summed E-state index contributed by atoms with van der Waals surface area (Å²) in [6.45, 7) is 3.21. The van der Waals surface area contributed by atoms with Gasteiger partial charge in [-0.05, 0) is 30.9 Å². The number of nitrogens with zero attached hydrogens (tertiary/aromatic N) is 1. The van der Waals surface area contributed by atoms with Crippen molar-refractivity contribution in [2.24, 2.45) is 0 Å². The quantitative estimate of drug-likeness (QED) is 0.404. The Bertz CT molecular complexity index is 1140. The maximum Gasteiger partial charge on any atom is 0.255 e. The number of carbonyl (C=O) groups excluding carboxylic acids is 2. The van der Waals surface area contributed by atoms with Gasteiger partial charge in [0.2, 0.25) is 0 Å². The van der Waals surface area contributed by atoms with Crippen LogP contribution in [-0.2, 0) is 6.54 Å². The second kappa shape index (κ2) is 10.3. The van der Waals surface area contributed by atoms with Gasteiger partial charge >= 0.3 is 0 Å². The van der Waals surface area contributed by atoms with E-state index in [4.69, 9.17) is 4.74 Å².